The van der Waals surface area contributed by atoms with Gasteiger partial charge < -0.3 is 14.6 Å². The fourth-order valence-corrected chi connectivity index (χ4v) is 11.4. The summed E-state index contributed by atoms with van der Waals surface area (Å²) in [5.41, 5.74) is 1.46. The molecule has 4 heteroatoms. The minimum atomic E-state index is -0.957. The van der Waals surface area contributed by atoms with Gasteiger partial charge in [-0.05, 0) is 91.4 Å². The zero-order valence-electron chi connectivity index (χ0n) is 22.3. The first kappa shape index (κ1) is 23.5. The van der Waals surface area contributed by atoms with Crippen LogP contribution in [0, 0.1) is 50.7 Å². The van der Waals surface area contributed by atoms with Crippen LogP contribution in [0.4, 0.5) is 0 Å². The molecule has 190 valence electrons. The Morgan fingerprint density at radius 2 is 1.68 bits per heavy atom. The van der Waals surface area contributed by atoms with Gasteiger partial charge in [0, 0.05) is 23.2 Å². The second-order valence-corrected chi connectivity index (χ2v) is 14.8. The summed E-state index contributed by atoms with van der Waals surface area (Å²) < 4.78 is 12.4. The number of cyclic esters (lactones) is 1. The molecule has 34 heavy (non-hydrogen) atoms. The number of hydrogen-bond donors (Lipinski definition) is 1. The number of rotatable bonds is 1. The maximum Gasteiger partial charge on any atom is 0.306 e. The molecule has 3 heterocycles. The second kappa shape index (κ2) is 6.71. The van der Waals surface area contributed by atoms with E-state index in [1.54, 1.807) is 0 Å². The van der Waals surface area contributed by atoms with E-state index in [9.17, 15) is 9.90 Å². The molecule has 0 unspecified atom stereocenters. The molecule has 3 saturated heterocycles. The van der Waals surface area contributed by atoms with Gasteiger partial charge >= 0.3 is 5.97 Å². The van der Waals surface area contributed by atoms with Crippen molar-refractivity contribution >= 4 is 5.97 Å². The minimum Gasteiger partial charge on any atom is -0.458 e. The third-order valence-corrected chi connectivity index (χ3v) is 13.5. The van der Waals surface area contributed by atoms with E-state index in [1.807, 2.05) is 0 Å². The van der Waals surface area contributed by atoms with E-state index in [2.05, 4.69) is 48.1 Å². The van der Waals surface area contributed by atoms with E-state index in [0.29, 0.717) is 30.1 Å². The maximum atomic E-state index is 12.6. The summed E-state index contributed by atoms with van der Waals surface area (Å²) in [6, 6.07) is 0. The number of hydrogen-bond acceptors (Lipinski definition) is 4. The molecular weight excluding hydrogens is 424 g/mol. The lowest BCUT2D eigenvalue weighted by Crippen LogP contribution is -2.74. The molecule has 0 amide bonds. The van der Waals surface area contributed by atoms with E-state index in [1.165, 1.54) is 32.1 Å². The third kappa shape index (κ3) is 2.51. The van der Waals surface area contributed by atoms with E-state index in [4.69, 9.17) is 9.47 Å². The highest BCUT2D eigenvalue weighted by molar-refractivity contribution is 5.72. The Bertz CT molecular complexity index is 928. The van der Waals surface area contributed by atoms with Crippen LogP contribution < -0.4 is 0 Å². The van der Waals surface area contributed by atoms with Crippen molar-refractivity contribution in [3.05, 3.63) is 12.2 Å². The van der Waals surface area contributed by atoms with Gasteiger partial charge in [0.2, 0.25) is 0 Å². The van der Waals surface area contributed by atoms with Crippen molar-refractivity contribution in [1.29, 1.82) is 0 Å². The summed E-state index contributed by atoms with van der Waals surface area (Å²) in [5, 5.41) is 11.4. The first-order chi connectivity index (χ1) is 15.7. The first-order valence-electron chi connectivity index (χ1n) is 14.0. The van der Waals surface area contributed by atoms with E-state index >= 15 is 0 Å². The number of ether oxygens (including phenoxy) is 2. The Kier molecular flexibility index (Phi) is 4.64. The van der Waals surface area contributed by atoms with Crippen molar-refractivity contribution in [3.63, 3.8) is 0 Å². The van der Waals surface area contributed by atoms with Crippen LogP contribution in [-0.4, -0.2) is 29.6 Å². The lowest BCUT2D eigenvalue weighted by molar-refractivity contribution is -0.401. The molecule has 4 aliphatic carbocycles. The Labute approximate surface area is 206 Å². The summed E-state index contributed by atoms with van der Waals surface area (Å²) in [4.78, 5) is 12.6. The van der Waals surface area contributed by atoms with Crippen LogP contribution in [-0.2, 0) is 14.3 Å². The maximum absolute atomic E-state index is 12.6. The second-order valence-electron chi connectivity index (χ2n) is 14.8. The number of aliphatic hydroxyl groups is 1. The summed E-state index contributed by atoms with van der Waals surface area (Å²) >= 11 is 0. The molecule has 1 spiro atoms. The summed E-state index contributed by atoms with van der Waals surface area (Å²) in [6.07, 6.45) is 9.45. The molecular formula is C30H46O4. The van der Waals surface area contributed by atoms with Gasteiger partial charge in [-0.2, -0.15) is 0 Å². The minimum absolute atomic E-state index is 0.0130. The van der Waals surface area contributed by atoms with Crippen molar-refractivity contribution in [1.82, 2.24) is 0 Å². The normalized spacial score (nSPS) is 57.5. The number of fused-ring (bicyclic) bond motifs is 7. The monoisotopic (exact) mass is 470 g/mol. The van der Waals surface area contributed by atoms with Crippen LogP contribution in [0.25, 0.3) is 0 Å². The van der Waals surface area contributed by atoms with Gasteiger partial charge in [-0.1, -0.05) is 41.2 Å². The van der Waals surface area contributed by atoms with Crippen LogP contribution in [0.1, 0.15) is 99.3 Å². The van der Waals surface area contributed by atoms with Crippen molar-refractivity contribution in [2.75, 3.05) is 6.61 Å². The topological polar surface area (TPSA) is 55.8 Å². The van der Waals surface area contributed by atoms with Gasteiger partial charge in [-0.25, -0.2) is 0 Å². The molecule has 1 N–H and O–H groups in total. The Balaban J connectivity index is 1.42. The Morgan fingerprint density at radius 1 is 0.941 bits per heavy atom. The van der Waals surface area contributed by atoms with Crippen LogP contribution in [0.5, 0.6) is 0 Å². The zero-order chi connectivity index (χ0) is 24.5. The molecule has 0 aromatic heterocycles. The molecule has 7 aliphatic rings. The smallest absolute Gasteiger partial charge is 0.306 e. The zero-order valence-corrected chi connectivity index (χ0v) is 22.3. The summed E-state index contributed by atoms with van der Waals surface area (Å²) in [5.74, 6) is 1.08. The molecule has 0 aromatic rings. The predicted octanol–water partition coefficient (Wildman–Crippen LogP) is 6.27. The molecule has 0 radical (unpaired) electrons. The Hall–Kier alpha value is -0.870. The van der Waals surface area contributed by atoms with Gasteiger partial charge in [-0.15, -0.1) is 0 Å². The highest BCUT2D eigenvalue weighted by Crippen LogP contribution is 2.78. The van der Waals surface area contributed by atoms with E-state index in [0.717, 1.165) is 31.4 Å². The highest BCUT2D eigenvalue weighted by Gasteiger charge is 2.75. The van der Waals surface area contributed by atoms with E-state index < -0.39 is 5.79 Å². The Morgan fingerprint density at radius 3 is 2.32 bits per heavy atom. The summed E-state index contributed by atoms with van der Waals surface area (Å²) in [6.45, 7) is 19.2. The quantitative estimate of drug-likeness (QED) is 0.362. The summed E-state index contributed by atoms with van der Waals surface area (Å²) in [7, 11) is 0. The number of carbonyl (C=O) groups is 1. The molecule has 2 bridgehead atoms. The van der Waals surface area contributed by atoms with E-state index in [-0.39, 0.29) is 39.1 Å². The van der Waals surface area contributed by atoms with Gasteiger partial charge in [0.1, 0.15) is 6.10 Å². The molecule has 0 aromatic carbocycles. The van der Waals surface area contributed by atoms with Gasteiger partial charge in [-0.3, -0.25) is 4.79 Å². The lowest BCUT2D eigenvalue weighted by atomic mass is 9.31. The van der Waals surface area contributed by atoms with Gasteiger partial charge in [0.15, 0.2) is 5.79 Å². The fraction of sp³-hybridized carbons (Fsp3) is 0.900. The van der Waals surface area contributed by atoms with Crippen LogP contribution in [0.3, 0.4) is 0 Å². The number of carbonyl (C=O) groups excluding carboxylic acids is 1. The molecule has 7 fully saturated rings. The van der Waals surface area contributed by atoms with Crippen LogP contribution >= 0.6 is 0 Å². The molecule has 4 nitrogen and oxygen atoms in total. The van der Waals surface area contributed by atoms with Crippen molar-refractivity contribution in [2.24, 2.45) is 50.7 Å². The number of esters is 1. The highest BCUT2D eigenvalue weighted by atomic mass is 16.6. The molecule has 7 rings (SSSR count). The SMILES string of the molecule is C=C(C)[C@@H]1OC(=O)C[C@]2(C)CC[C@]3(C)[C@H](CC[C@@H]4[C@]56CC[C@@](O)(OC5)C(C)(C)[C@@H]6CC[C@]43C)[C@@H]12. The van der Waals surface area contributed by atoms with Gasteiger partial charge in [0.25, 0.3) is 0 Å². The average molecular weight is 471 g/mol. The molecule has 10 atom stereocenters. The predicted molar refractivity (Wildman–Crippen MR) is 132 cm³/mol. The van der Waals surface area contributed by atoms with Crippen LogP contribution in [0.15, 0.2) is 12.2 Å². The van der Waals surface area contributed by atoms with Crippen molar-refractivity contribution in [3.8, 4) is 0 Å². The lowest BCUT2D eigenvalue weighted by Gasteiger charge is -2.76. The molecule has 3 aliphatic heterocycles. The van der Waals surface area contributed by atoms with Crippen LogP contribution in [0.2, 0.25) is 0 Å². The molecule has 4 saturated carbocycles. The average Bonchev–Trinajstić information content (AvgIpc) is 2.75. The fourth-order valence-electron chi connectivity index (χ4n) is 11.4. The largest absolute Gasteiger partial charge is 0.458 e. The van der Waals surface area contributed by atoms with Crippen molar-refractivity contribution in [2.45, 2.75) is 111 Å². The first-order valence-corrected chi connectivity index (χ1v) is 14.0. The van der Waals surface area contributed by atoms with Gasteiger partial charge in [0.05, 0.1) is 13.0 Å². The van der Waals surface area contributed by atoms with Crippen molar-refractivity contribution < 1.29 is 19.4 Å². The third-order valence-electron chi connectivity index (χ3n) is 13.5. The standard InChI is InChI=1S/C30H46O4/c1-18(2)24-23-19-8-9-21-28(7,27(19,6)13-12-26(23,5)16-22(31)34-24)11-10-20-25(3,4)30(32)15-14-29(20,21)17-33-30/h19-21,23-24,32H,1,8-17H2,2-7H3/t19-,20+,21+,23+,24+,26+,27-,28-,29-,30-/m1/s1.